The molecule has 0 radical (unpaired) electrons. The molecule has 0 fully saturated rings. The van der Waals surface area contributed by atoms with Crippen LogP contribution in [0.5, 0.6) is 0 Å². The molecule has 1 aromatic rings. The SMILES string of the molecule is O=C(Cl)c1ccc(CBr)cc1F. The molecule has 4 heteroatoms. The lowest BCUT2D eigenvalue weighted by molar-refractivity contribution is 0.107. The molecule has 0 aliphatic heterocycles. The Morgan fingerprint density at radius 1 is 1.58 bits per heavy atom. The van der Waals surface area contributed by atoms with Crippen molar-refractivity contribution in [2.24, 2.45) is 0 Å². The third kappa shape index (κ3) is 2.05. The van der Waals surface area contributed by atoms with Gasteiger partial charge in [-0.1, -0.05) is 22.0 Å². The van der Waals surface area contributed by atoms with Gasteiger partial charge in [-0.05, 0) is 29.3 Å². The molecule has 0 aliphatic rings. The molecule has 64 valence electrons. The molecule has 0 N–H and O–H groups in total. The maximum atomic E-state index is 13.0. The monoisotopic (exact) mass is 250 g/mol. The molecule has 0 aliphatic carbocycles. The third-order valence-electron chi connectivity index (χ3n) is 1.40. The lowest BCUT2D eigenvalue weighted by atomic mass is 10.1. The average molecular weight is 251 g/mol. The number of hydrogen-bond acceptors (Lipinski definition) is 1. The Bertz CT molecular complexity index is 314. The van der Waals surface area contributed by atoms with Crippen LogP contribution in [-0.4, -0.2) is 5.24 Å². The minimum atomic E-state index is -0.770. The maximum Gasteiger partial charge on any atom is 0.255 e. The molecule has 1 rings (SSSR count). The standard InChI is InChI=1S/C8H5BrClFO/c9-4-5-1-2-6(8(10)12)7(11)3-5/h1-3H,4H2. The molecule has 1 aromatic carbocycles. The highest BCUT2D eigenvalue weighted by Gasteiger charge is 2.08. The van der Waals surface area contributed by atoms with Gasteiger partial charge in [-0.2, -0.15) is 0 Å². The Balaban J connectivity index is 3.12. The second kappa shape index (κ2) is 4.01. The summed E-state index contributed by atoms with van der Waals surface area (Å²) in [4.78, 5) is 10.6. The van der Waals surface area contributed by atoms with Gasteiger partial charge in [0.25, 0.3) is 5.24 Å². The zero-order valence-electron chi connectivity index (χ0n) is 5.98. The molecule has 0 heterocycles. The van der Waals surface area contributed by atoms with Crippen LogP contribution in [0.25, 0.3) is 0 Å². The van der Waals surface area contributed by atoms with E-state index in [2.05, 4.69) is 15.9 Å². The number of benzene rings is 1. The van der Waals surface area contributed by atoms with E-state index in [9.17, 15) is 9.18 Å². The molecule has 12 heavy (non-hydrogen) atoms. The average Bonchev–Trinajstić information content (AvgIpc) is 2.03. The molecule has 0 atom stereocenters. The summed E-state index contributed by atoms with van der Waals surface area (Å²) >= 11 is 8.28. The van der Waals surface area contributed by atoms with Crippen LogP contribution in [0.3, 0.4) is 0 Å². The molecule has 0 aromatic heterocycles. The van der Waals surface area contributed by atoms with Gasteiger partial charge in [0.1, 0.15) is 5.82 Å². The van der Waals surface area contributed by atoms with Crippen molar-refractivity contribution >= 4 is 32.8 Å². The number of carbonyl (C=O) groups excluding carboxylic acids is 1. The Morgan fingerprint density at radius 3 is 2.67 bits per heavy atom. The minimum absolute atomic E-state index is 0.0821. The molecular formula is C8H5BrClFO. The summed E-state index contributed by atoms with van der Waals surface area (Å²) in [7, 11) is 0. The molecule has 0 amide bonds. The van der Waals surface area contributed by atoms with E-state index >= 15 is 0 Å². The minimum Gasteiger partial charge on any atom is -0.275 e. The van der Waals surface area contributed by atoms with Crippen LogP contribution in [0.2, 0.25) is 0 Å². The van der Waals surface area contributed by atoms with E-state index in [1.54, 1.807) is 6.07 Å². The smallest absolute Gasteiger partial charge is 0.255 e. The van der Waals surface area contributed by atoms with E-state index in [0.29, 0.717) is 5.33 Å². The topological polar surface area (TPSA) is 17.1 Å². The van der Waals surface area contributed by atoms with E-state index in [4.69, 9.17) is 11.6 Å². The van der Waals surface area contributed by atoms with Crippen LogP contribution in [0.4, 0.5) is 4.39 Å². The number of hydrogen-bond donors (Lipinski definition) is 0. The van der Waals surface area contributed by atoms with Crippen LogP contribution < -0.4 is 0 Å². The molecule has 0 bridgehead atoms. The second-order valence-electron chi connectivity index (χ2n) is 2.22. The largest absolute Gasteiger partial charge is 0.275 e. The highest BCUT2D eigenvalue weighted by atomic mass is 79.9. The predicted octanol–water partition coefficient (Wildman–Crippen LogP) is 3.10. The highest BCUT2D eigenvalue weighted by Crippen LogP contribution is 2.14. The fourth-order valence-corrected chi connectivity index (χ4v) is 1.30. The molecule has 1 nitrogen and oxygen atoms in total. The van der Waals surface area contributed by atoms with Gasteiger partial charge in [0.05, 0.1) is 5.56 Å². The fourth-order valence-electron chi connectivity index (χ4n) is 0.801. The number of carbonyl (C=O) groups is 1. The molecule has 0 saturated carbocycles. The van der Waals surface area contributed by atoms with Crippen LogP contribution in [0, 0.1) is 5.82 Å². The summed E-state index contributed by atoms with van der Waals surface area (Å²) in [6, 6.07) is 4.30. The van der Waals surface area contributed by atoms with Crippen molar-refractivity contribution < 1.29 is 9.18 Å². The van der Waals surface area contributed by atoms with Crippen molar-refractivity contribution in [3.63, 3.8) is 0 Å². The van der Waals surface area contributed by atoms with Gasteiger partial charge in [0.15, 0.2) is 0 Å². The second-order valence-corrected chi connectivity index (χ2v) is 3.13. The van der Waals surface area contributed by atoms with Crippen molar-refractivity contribution in [1.82, 2.24) is 0 Å². The van der Waals surface area contributed by atoms with Crippen molar-refractivity contribution in [1.29, 1.82) is 0 Å². The summed E-state index contributed by atoms with van der Waals surface area (Å²) in [5, 5.41) is -0.214. The van der Waals surface area contributed by atoms with Crippen LogP contribution >= 0.6 is 27.5 Å². The van der Waals surface area contributed by atoms with E-state index in [1.807, 2.05) is 0 Å². The first-order valence-corrected chi connectivity index (χ1v) is 4.69. The van der Waals surface area contributed by atoms with Crippen molar-refractivity contribution in [3.05, 3.63) is 35.1 Å². The summed E-state index contributed by atoms with van der Waals surface area (Å²) in [6.45, 7) is 0. The third-order valence-corrected chi connectivity index (χ3v) is 2.25. The van der Waals surface area contributed by atoms with Crippen LogP contribution in [0.15, 0.2) is 18.2 Å². The molecular weight excluding hydrogens is 246 g/mol. The van der Waals surface area contributed by atoms with Crippen molar-refractivity contribution in [2.75, 3.05) is 0 Å². The van der Waals surface area contributed by atoms with Crippen molar-refractivity contribution in [3.8, 4) is 0 Å². The first-order chi connectivity index (χ1) is 5.65. The normalized spacial score (nSPS) is 9.92. The van der Waals surface area contributed by atoms with E-state index in [0.717, 1.165) is 5.56 Å². The summed E-state index contributed by atoms with van der Waals surface area (Å²) in [6.07, 6.45) is 0. The van der Waals surface area contributed by atoms with Gasteiger partial charge >= 0.3 is 0 Å². The van der Waals surface area contributed by atoms with Crippen LogP contribution in [-0.2, 0) is 5.33 Å². The summed E-state index contributed by atoms with van der Waals surface area (Å²) < 4.78 is 13.0. The van der Waals surface area contributed by atoms with Gasteiger partial charge in [0.2, 0.25) is 0 Å². The first kappa shape index (κ1) is 9.68. The van der Waals surface area contributed by atoms with Gasteiger partial charge in [-0.25, -0.2) is 4.39 Å². The molecule has 0 spiro atoms. The lowest BCUT2D eigenvalue weighted by Gasteiger charge is -1.98. The van der Waals surface area contributed by atoms with Gasteiger partial charge in [-0.15, -0.1) is 0 Å². The quantitative estimate of drug-likeness (QED) is 0.583. The number of alkyl halides is 1. The molecule has 0 unspecified atom stereocenters. The van der Waals surface area contributed by atoms with E-state index in [-0.39, 0.29) is 5.56 Å². The highest BCUT2D eigenvalue weighted by molar-refractivity contribution is 9.08. The van der Waals surface area contributed by atoms with E-state index < -0.39 is 11.1 Å². The molecule has 0 saturated heterocycles. The zero-order valence-corrected chi connectivity index (χ0v) is 8.32. The van der Waals surface area contributed by atoms with Crippen molar-refractivity contribution in [2.45, 2.75) is 5.33 Å². The van der Waals surface area contributed by atoms with Gasteiger partial charge in [0, 0.05) is 5.33 Å². The lowest BCUT2D eigenvalue weighted by Crippen LogP contribution is -1.94. The Morgan fingerprint density at radius 2 is 2.25 bits per heavy atom. The van der Waals surface area contributed by atoms with Crippen LogP contribution in [0.1, 0.15) is 15.9 Å². The summed E-state index contributed by atoms with van der Waals surface area (Å²) in [5.74, 6) is -0.577. The maximum absolute atomic E-state index is 13.0. The summed E-state index contributed by atoms with van der Waals surface area (Å²) in [5.41, 5.74) is 0.690. The zero-order chi connectivity index (χ0) is 9.14. The Hall–Kier alpha value is -0.410. The van der Waals surface area contributed by atoms with Gasteiger partial charge < -0.3 is 0 Å². The fraction of sp³-hybridized carbons (Fsp3) is 0.125. The number of halogens is 3. The number of rotatable bonds is 2. The van der Waals surface area contributed by atoms with E-state index in [1.165, 1.54) is 12.1 Å². The predicted molar refractivity (Wildman–Crippen MR) is 49.2 cm³/mol. The van der Waals surface area contributed by atoms with Gasteiger partial charge in [-0.3, -0.25) is 4.79 Å². The Labute approximate surface area is 82.7 Å². The first-order valence-electron chi connectivity index (χ1n) is 3.19. The Kier molecular flexibility index (Phi) is 3.23.